The van der Waals surface area contributed by atoms with Crippen molar-refractivity contribution >= 4 is 58.0 Å². The fraction of sp³-hybridized carbons (Fsp3) is 0.516. The number of aryl methyl sites for hydroxylation is 2. The molecule has 10 atom stereocenters. The van der Waals surface area contributed by atoms with E-state index in [1.165, 1.54) is 20.9 Å². The number of benzene rings is 4. The number of likely N-dealkylation sites (N-methyl/N-ethyl adjacent to an activating group) is 2. The summed E-state index contributed by atoms with van der Waals surface area (Å²) in [6.07, 6.45) is 5.36. The van der Waals surface area contributed by atoms with Crippen molar-refractivity contribution in [1.29, 1.82) is 0 Å². The van der Waals surface area contributed by atoms with Crippen molar-refractivity contribution in [2.24, 2.45) is 10.8 Å². The molecular weight excluding hydrogens is 1010 g/mol. The summed E-state index contributed by atoms with van der Waals surface area (Å²) >= 11 is 0. The Morgan fingerprint density at radius 1 is 0.512 bits per heavy atom. The first-order chi connectivity index (χ1) is 37.9. The maximum Gasteiger partial charge on any atom is 0.251 e. The lowest BCUT2D eigenvalue weighted by Crippen LogP contribution is -2.59. The molecule has 0 bridgehead atoms. The van der Waals surface area contributed by atoms with E-state index in [1.54, 1.807) is 64.3 Å². The molecule has 80 heavy (non-hydrogen) atoms. The van der Waals surface area contributed by atoms with Crippen LogP contribution < -0.4 is 42.5 Å². The zero-order valence-electron chi connectivity index (χ0n) is 48.1. The Kier molecular flexibility index (Phi) is 18.2. The fourth-order valence-corrected chi connectivity index (χ4v) is 11.7. The fourth-order valence-electron chi connectivity index (χ4n) is 11.7. The van der Waals surface area contributed by atoms with E-state index in [0.29, 0.717) is 16.5 Å². The molecule has 18 heteroatoms. The third-order valence-corrected chi connectivity index (χ3v) is 16.6. The van der Waals surface area contributed by atoms with Crippen LogP contribution in [-0.4, -0.2) is 133 Å². The van der Waals surface area contributed by atoms with Gasteiger partial charge in [0.15, 0.2) is 0 Å². The Bertz CT molecular complexity index is 2810. The standard InChI is InChI=1S/C62H82N10O8/c1-35(63-9)53(73)69-51(61(3,4)5)59(79)71-33-43(31-49(71)57(77)67-47-23-15-19-38-17-11-13-21-45(38)47)65-55(75)40-27-25-37-26-28-41(30-42(37)29-40)56(76)66-44-32-50(58(78)68-48-24-16-20-39-18-12-14-22-46(39)48)72(34-44)60(80)52(62(6,7)8)70-54(74)36(2)64-10/h11-14,17-18,21-22,25-30,35-36,43-44,47-52,63-64H,15-16,19-20,23-24,31-34H2,1-10H3,(H,65,75)(H,66,76)(H,67,77)(H,68,78)(H,69,73)(H,70,74)/t35-,36-,43-,44-,47+,48+,49-,50-,51+,52+/m0/s1. The van der Waals surface area contributed by atoms with Crippen LogP contribution >= 0.6 is 0 Å². The van der Waals surface area contributed by atoms with Gasteiger partial charge in [0, 0.05) is 36.3 Å². The number of carbonyl (C=O) groups excluding carboxylic acids is 8. The Hall–Kier alpha value is -7.18. The van der Waals surface area contributed by atoms with E-state index in [2.05, 4.69) is 54.7 Å². The first-order valence-corrected chi connectivity index (χ1v) is 28.4. The van der Waals surface area contributed by atoms with Crippen molar-refractivity contribution in [2.75, 3.05) is 27.2 Å². The largest absolute Gasteiger partial charge is 0.347 e. The summed E-state index contributed by atoms with van der Waals surface area (Å²) in [6.45, 7) is 14.6. The summed E-state index contributed by atoms with van der Waals surface area (Å²) in [7, 11) is 3.32. The monoisotopic (exact) mass is 1090 g/mol. The van der Waals surface area contributed by atoms with Crippen LogP contribution in [0.4, 0.5) is 0 Å². The maximum absolute atomic E-state index is 14.7. The zero-order chi connectivity index (χ0) is 57.8. The lowest BCUT2D eigenvalue weighted by atomic mass is 9.85. The molecule has 0 spiro atoms. The van der Waals surface area contributed by atoms with E-state index in [1.807, 2.05) is 77.9 Å². The highest BCUT2D eigenvalue weighted by atomic mass is 16.2. The van der Waals surface area contributed by atoms with Crippen LogP contribution in [-0.2, 0) is 41.6 Å². The predicted octanol–water partition coefficient (Wildman–Crippen LogP) is 4.90. The maximum atomic E-state index is 14.7. The number of hydrogen-bond acceptors (Lipinski definition) is 10. The minimum absolute atomic E-state index is 0.0220. The molecule has 0 saturated carbocycles. The summed E-state index contributed by atoms with van der Waals surface area (Å²) < 4.78 is 0. The molecule has 0 radical (unpaired) electrons. The number of rotatable bonds is 16. The lowest BCUT2D eigenvalue weighted by Gasteiger charge is -2.36. The van der Waals surface area contributed by atoms with E-state index >= 15 is 0 Å². The lowest BCUT2D eigenvalue weighted by molar-refractivity contribution is -0.144. The molecule has 0 aromatic heterocycles. The van der Waals surface area contributed by atoms with Crippen LogP contribution in [0, 0.1) is 10.8 Å². The number of hydrogen-bond donors (Lipinski definition) is 8. The number of fused-ring (bicyclic) bond motifs is 3. The molecule has 2 fully saturated rings. The SMILES string of the molecule is CN[C@@H](C)C(=O)N[C@H](C(=O)N1C[C@@H](NC(=O)c2ccc3ccc(C(=O)N[C@H]4C[C@@H](C(=O)N[C@@H]5CCCc6ccccc65)N(C(=O)[C@@H](NC(=O)[C@H](C)NC)C(C)(C)C)C4)cc3c2)C[C@H]1C(=O)N[C@@H]1CCCc2ccccc21)C(C)(C)C. The van der Waals surface area contributed by atoms with Gasteiger partial charge in [-0.3, -0.25) is 38.4 Å². The summed E-state index contributed by atoms with van der Waals surface area (Å²) in [4.78, 5) is 116. The topological polar surface area (TPSA) is 239 Å². The highest BCUT2D eigenvalue weighted by molar-refractivity contribution is 6.03. The van der Waals surface area contributed by atoms with Gasteiger partial charge in [-0.05, 0) is 147 Å². The van der Waals surface area contributed by atoms with Gasteiger partial charge in [-0.2, -0.15) is 0 Å². The number of likely N-dealkylation sites (tertiary alicyclic amines) is 2. The van der Waals surface area contributed by atoms with Gasteiger partial charge in [0.05, 0.1) is 24.2 Å². The van der Waals surface area contributed by atoms with Crippen molar-refractivity contribution in [1.82, 2.24) is 52.3 Å². The van der Waals surface area contributed by atoms with Crippen LogP contribution in [0.1, 0.15) is 149 Å². The Morgan fingerprint density at radius 2 is 0.900 bits per heavy atom. The van der Waals surface area contributed by atoms with Gasteiger partial charge in [-0.25, -0.2) is 0 Å². The third-order valence-electron chi connectivity index (χ3n) is 16.6. The zero-order valence-corrected chi connectivity index (χ0v) is 48.1. The van der Waals surface area contributed by atoms with Crippen LogP contribution in [0.15, 0.2) is 84.9 Å². The molecule has 0 unspecified atom stereocenters. The molecule has 8 rings (SSSR count). The van der Waals surface area contributed by atoms with E-state index in [-0.39, 0.29) is 61.6 Å². The quantitative estimate of drug-likeness (QED) is 0.0755. The molecule has 2 aliphatic carbocycles. The average Bonchev–Trinajstić information content (AvgIpc) is 4.11. The smallest absolute Gasteiger partial charge is 0.251 e. The number of amides is 8. The van der Waals surface area contributed by atoms with Gasteiger partial charge in [-0.1, -0.05) is 102 Å². The highest BCUT2D eigenvalue weighted by Gasteiger charge is 2.48. The molecule has 4 aromatic carbocycles. The first kappa shape index (κ1) is 59.0. The molecule has 4 aliphatic rings. The second-order valence-corrected chi connectivity index (χ2v) is 24.5. The van der Waals surface area contributed by atoms with E-state index in [4.69, 9.17) is 0 Å². The van der Waals surface area contributed by atoms with Crippen LogP contribution in [0.5, 0.6) is 0 Å². The van der Waals surface area contributed by atoms with Crippen molar-refractivity contribution in [3.8, 4) is 0 Å². The minimum Gasteiger partial charge on any atom is -0.347 e. The number of carbonyl (C=O) groups is 8. The van der Waals surface area contributed by atoms with Gasteiger partial charge in [0.25, 0.3) is 11.8 Å². The van der Waals surface area contributed by atoms with Crippen molar-refractivity contribution < 1.29 is 38.4 Å². The molecule has 428 valence electrons. The van der Waals surface area contributed by atoms with E-state index in [0.717, 1.165) is 55.0 Å². The van der Waals surface area contributed by atoms with Gasteiger partial charge < -0.3 is 52.3 Å². The summed E-state index contributed by atoms with van der Waals surface area (Å²) in [5.74, 6) is -3.12. The van der Waals surface area contributed by atoms with Gasteiger partial charge >= 0.3 is 0 Å². The first-order valence-electron chi connectivity index (χ1n) is 28.4. The van der Waals surface area contributed by atoms with Crippen molar-refractivity contribution in [3.63, 3.8) is 0 Å². The van der Waals surface area contributed by atoms with Gasteiger partial charge in [-0.15, -0.1) is 0 Å². The molecule has 8 N–H and O–H groups in total. The van der Waals surface area contributed by atoms with Gasteiger partial charge in [0.1, 0.15) is 24.2 Å². The Morgan fingerprint density at radius 3 is 1.27 bits per heavy atom. The summed E-state index contributed by atoms with van der Waals surface area (Å²) in [6, 6.07) is 19.6. The number of nitrogens with one attached hydrogen (secondary N) is 8. The highest BCUT2D eigenvalue weighted by Crippen LogP contribution is 2.34. The van der Waals surface area contributed by atoms with E-state index in [9.17, 15) is 38.4 Å². The van der Waals surface area contributed by atoms with Crippen LogP contribution in [0.2, 0.25) is 0 Å². The molecule has 4 aromatic rings. The number of nitrogens with zero attached hydrogens (tertiary/aromatic N) is 2. The molecule has 18 nitrogen and oxygen atoms in total. The predicted molar refractivity (Wildman–Crippen MR) is 307 cm³/mol. The minimum atomic E-state index is -0.980. The third kappa shape index (κ3) is 13.3. The van der Waals surface area contributed by atoms with Crippen LogP contribution in [0.3, 0.4) is 0 Å². The van der Waals surface area contributed by atoms with Crippen LogP contribution in [0.25, 0.3) is 10.8 Å². The molecule has 2 aliphatic heterocycles. The Balaban J connectivity index is 0.998. The molecule has 2 saturated heterocycles. The Labute approximate surface area is 470 Å². The normalized spacial score (nSPS) is 22.4. The average molecular weight is 1100 g/mol. The second-order valence-electron chi connectivity index (χ2n) is 24.5. The molecular formula is C62H82N10O8. The summed E-state index contributed by atoms with van der Waals surface area (Å²) in [5, 5.41) is 25.7. The van der Waals surface area contributed by atoms with E-state index < -0.39 is 82.8 Å². The second kappa shape index (κ2) is 24.7. The van der Waals surface area contributed by atoms with Gasteiger partial charge in [0.2, 0.25) is 35.4 Å². The van der Waals surface area contributed by atoms with Crippen molar-refractivity contribution in [3.05, 3.63) is 118 Å². The summed E-state index contributed by atoms with van der Waals surface area (Å²) in [5.41, 5.74) is 3.56. The van der Waals surface area contributed by atoms with Crippen molar-refractivity contribution in [2.45, 2.75) is 167 Å². The molecule has 2 heterocycles. The molecule has 8 amide bonds.